The van der Waals surface area contributed by atoms with E-state index in [9.17, 15) is 4.79 Å². The van der Waals surface area contributed by atoms with Crippen molar-refractivity contribution in [2.24, 2.45) is 11.7 Å². The van der Waals surface area contributed by atoms with Gasteiger partial charge in [-0.1, -0.05) is 44.9 Å². The zero-order valence-corrected chi connectivity index (χ0v) is 15.6. The molecule has 6 heteroatoms. The molecule has 1 amide bonds. The number of nitrogens with zero attached hydrogens (tertiary/aromatic N) is 2. The molecular weight excluding hydrogens is 328 g/mol. The number of hydrogen-bond donors (Lipinski definition) is 2. The van der Waals surface area contributed by atoms with Crippen LogP contribution in [0.15, 0.2) is 36.5 Å². The Bertz CT molecular complexity index is 734. The average molecular weight is 356 g/mol. The Morgan fingerprint density at radius 2 is 2.00 bits per heavy atom. The van der Waals surface area contributed by atoms with Crippen LogP contribution in [0.4, 0.5) is 0 Å². The molecular formula is C20H28N4O2. The van der Waals surface area contributed by atoms with Crippen molar-refractivity contribution < 1.29 is 9.53 Å². The monoisotopic (exact) mass is 356 g/mol. The highest BCUT2D eigenvalue weighted by Gasteiger charge is 2.35. The lowest BCUT2D eigenvalue weighted by molar-refractivity contribution is 0.0892. The molecule has 0 radical (unpaired) electrons. The van der Waals surface area contributed by atoms with Crippen molar-refractivity contribution in [1.82, 2.24) is 15.1 Å². The number of nitrogens with two attached hydrogens (primary N) is 1. The minimum Gasteiger partial charge on any atom is -0.489 e. The first-order chi connectivity index (χ1) is 12.5. The Morgan fingerprint density at radius 1 is 1.31 bits per heavy atom. The number of aromatic nitrogens is 2. The van der Waals surface area contributed by atoms with E-state index in [0.29, 0.717) is 30.5 Å². The lowest BCUT2D eigenvalue weighted by Crippen LogP contribution is -2.51. The second kappa shape index (κ2) is 7.91. The van der Waals surface area contributed by atoms with E-state index in [4.69, 9.17) is 10.5 Å². The number of amides is 1. The van der Waals surface area contributed by atoms with Crippen LogP contribution >= 0.6 is 0 Å². The van der Waals surface area contributed by atoms with Gasteiger partial charge in [0.2, 0.25) is 0 Å². The van der Waals surface area contributed by atoms with Crippen LogP contribution in [-0.2, 0) is 0 Å². The molecule has 6 nitrogen and oxygen atoms in total. The number of hydrogen-bond acceptors (Lipinski definition) is 4. The largest absolute Gasteiger partial charge is 0.489 e. The zero-order chi connectivity index (χ0) is 18.6. The number of nitrogens with one attached hydrogen (secondary N) is 1. The fourth-order valence-corrected chi connectivity index (χ4v) is 3.32. The van der Waals surface area contributed by atoms with Crippen molar-refractivity contribution in [2.75, 3.05) is 13.2 Å². The molecule has 2 aromatic rings. The van der Waals surface area contributed by atoms with Crippen LogP contribution in [0.2, 0.25) is 0 Å². The van der Waals surface area contributed by atoms with E-state index in [1.54, 1.807) is 10.9 Å². The molecule has 0 atom stereocenters. The summed E-state index contributed by atoms with van der Waals surface area (Å²) in [6.45, 7) is 5.12. The Kier molecular flexibility index (Phi) is 5.61. The van der Waals surface area contributed by atoms with Crippen LogP contribution < -0.4 is 15.8 Å². The molecule has 26 heavy (non-hydrogen) atoms. The lowest BCUT2D eigenvalue weighted by Gasteiger charge is -2.28. The highest BCUT2D eigenvalue weighted by atomic mass is 16.5. The van der Waals surface area contributed by atoms with E-state index in [1.807, 2.05) is 30.3 Å². The zero-order valence-electron chi connectivity index (χ0n) is 15.6. The van der Waals surface area contributed by atoms with Gasteiger partial charge in [0.15, 0.2) is 11.4 Å². The summed E-state index contributed by atoms with van der Waals surface area (Å²) in [5, 5.41) is 7.64. The summed E-state index contributed by atoms with van der Waals surface area (Å²) in [5.74, 6) is 0.646. The van der Waals surface area contributed by atoms with Crippen LogP contribution in [0.3, 0.4) is 0 Å². The molecule has 0 spiro atoms. The third kappa shape index (κ3) is 4.07. The van der Waals surface area contributed by atoms with E-state index < -0.39 is 0 Å². The van der Waals surface area contributed by atoms with E-state index in [2.05, 4.69) is 24.3 Å². The van der Waals surface area contributed by atoms with Gasteiger partial charge < -0.3 is 15.8 Å². The summed E-state index contributed by atoms with van der Waals surface area (Å²) in [6, 6.07) is 9.71. The summed E-state index contributed by atoms with van der Waals surface area (Å²) in [7, 11) is 0. The number of carbonyl (C=O) groups excluding carboxylic acids is 1. The Hall–Kier alpha value is -2.34. The second-order valence-corrected chi connectivity index (χ2v) is 7.47. The number of ether oxygens (including phenoxy) is 1. The van der Waals surface area contributed by atoms with Gasteiger partial charge in [0.05, 0.1) is 24.0 Å². The molecule has 1 aromatic heterocycles. The maximum Gasteiger partial charge on any atom is 0.276 e. The van der Waals surface area contributed by atoms with Gasteiger partial charge in [-0.25, -0.2) is 4.68 Å². The topological polar surface area (TPSA) is 82.2 Å². The van der Waals surface area contributed by atoms with Gasteiger partial charge in [0, 0.05) is 6.54 Å². The smallest absolute Gasteiger partial charge is 0.276 e. The van der Waals surface area contributed by atoms with Crippen LogP contribution in [0.5, 0.6) is 5.75 Å². The maximum absolute atomic E-state index is 13.0. The first-order valence-electron chi connectivity index (χ1n) is 9.33. The van der Waals surface area contributed by atoms with Crippen molar-refractivity contribution in [3.8, 4) is 11.4 Å². The molecule has 1 saturated carbocycles. The standard InChI is InChI=1S/C20H28N4O2/c1-15(2)13-26-17-12-24(16-8-4-3-5-9-16)23-18(17)19(25)22-20(14-21)10-6-7-11-20/h3-5,8-9,12,15H,6-7,10-11,13-14,21H2,1-2H3,(H,22,25). The summed E-state index contributed by atoms with van der Waals surface area (Å²) in [4.78, 5) is 13.0. The normalized spacial score (nSPS) is 16.0. The quantitative estimate of drug-likeness (QED) is 0.799. The molecule has 1 heterocycles. The number of para-hydroxylation sites is 1. The van der Waals surface area contributed by atoms with Crippen LogP contribution in [0.25, 0.3) is 5.69 Å². The third-order valence-electron chi connectivity index (χ3n) is 4.82. The van der Waals surface area contributed by atoms with Crippen molar-refractivity contribution >= 4 is 5.91 Å². The van der Waals surface area contributed by atoms with Gasteiger partial charge in [-0.15, -0.1) is 0 Å². The highest BCUT2D eigenvalue weighted by Crippen LogP contribution is 2.30. The maximum atomic E-state index is 13.0. The van der Waals surface area contributed by atoms with E-state index in [0.717, 1.165) is 31.4 Å². The Balaban J connectivity index is 1.88. The molecule has 3 rings (SSSR count). The first kappa shape index (κ1) is 18.5. The molecule has 0 unspecified atom stereocenters. The van der Waals surface area contributed by atoms with Gasteiger partial charge in [0.1, 0.15) is 0 Å². The van der Waals surface area contributed by atoms with E-state index >= 15 is 0 Å². The minimum absolute atomic E-state index is 0.217. The molecule has 1 fully saturated rings. The molecule has 3 N–H and O–H groups in total. The van der Waals surface area contributed by atoms with Crippen molar-refractivity contribution in [2.45, 2.75) is 45.1 Å². The van der Waals surface area contributed by atoms with Crippen molar-refractivity contribution in [3.05, 3.63) is 42.2 Å². The predicted molar refractivity (Wildman–Crippen MR) is 102 cm³/mol. The van der Waals surface area contributed by atoms with Crippen LogP contribution in [0, 0.1) is 5.92 Å². The Morgan fingerprint density at radius 3 is 2.62 bits per heavy atom. The average Bonchev–Trinajstić information content (AvgIpc) is 3.28. The second-order valence-electron chi connectivity index (χ2n) is 7.47. The SMILES string of the molecule is CC(C)COc1cn(-c2ccccc2)nc1C(=O)NC1(CN)CCCC1. The molecule has 0 bridgehead atoms. The van der Waals surface area contributed by atoms with Crippen molar-refractivity contribution in [1.29, 1.82) is 0 Å². The van der Waals surface area contributed by atoms with Crippen LogP contribution in [0.1, 0.15) is 50.0 Å². The number of rotatable bonds is 7. The van der Waals surface area contributed by atoms with Gasteiger partial charge in [0.25, 0.3) is 5.91 Å². The van der Waals surface area contributed by atoms with E-state index in [-0.39, 0.29) is 11.4 Å². The third-order valence-corrected chi connectivity index (χ3v) is 4.82. The van der Waals surface area contributed by atoms with Gasteiger partial charge >= 0.3 is 0 Å². The molecule has 1 aromatic carbocycles. The van der Waals surface area contributed by atoms with Gasteiger partial charge in [-0.05, 0) is 30.9 Å². The molecule has 0 aliphatic heterocycles. The Labute approximate surface area is 154 Å². The molecule has 0 saturated heterocycles. The number of benzene rings is 1. The molecule has 1 aliphatic carbocycles. The van der Waals surface area contributed by atoms with Crippen molar-refractivity contribution in [3.63, 3.8) is 0 Å². The lowest BCUT2D eigenvalue weighted by atomic mass is 9.97. The highest BCUT2D eigenvalue weighted by molar-refractivity contribution is 5.95. The fraction of sp³-hybridized carbons (Fsp3) is 0.500. The van der Waals surface area contributed by atoms with E-state index in [1.165, 1.54) is 0 Å². The minimum atomic E-state index is -0.317. The molecule has 1 aliphatic rings. The van der Waals surface area contributed by atoms with Gasteiger partial charge in [-0.3, -0.25) is 4.79 Å². The summed E-state index contributed by atoms with van der Waals surface area (Å²) >= 11 is 0. The first-order valence-corrected chi connectivity index (χ1v) is 9.33. The fourth-order valence-electron chi connectivity index (χ4n) is 3.32. The summed E-state index contributed by atoms with van der Waals surface area (Å²) < 4.78 is 7.57. The molecule has 140 valence electrons. The summed E-state index contributed by atoms with van der Waals surface area (Å²) in [5.41, 5.74) is 6.84. The van der Waals surface area contributed by atoms with Gasteiger partial charge in [-0.2, -0.15) is 5.10 Å². The summed E-state index contributed by atoms with van der Waals surface area (Å²) in [6.07, 6.45) is 5.78. The number of carbonyl (C=O) groups is 1. The van der Waals surface area contributed by atoms with Crippen LogP contribution in [-0.4, -0.2) is 34.4 Å². The predicted octanol–water partition coefficient (Wildman–Crippen LogP) is 2.91.